The second-order valence-electron chi connectivity index (χ2n) is 14.6. The van der Waals surface area contributed by atoms with Crippen LogP contribution in [0.4, 0.5) is 0 Å². The van der Waals surface area contributed by atoms with Crippen molar-refractivity contribution in [3.05, 3.63) is 23.8 Å². The fraction of sp³-hybridized carbons (Fsp3) is 0.800. The van der Waals surface area contributed by atoms with Crippen LogP contribution in [0.5, 0.6) is 0 Å². The van der Waals surface area contributed by atoms with Gasteiger partial charge in [-0.3, -0.25) is 9.59 Å². The summed E-state index contributed by atoms with van der Waals surface area (Å²) in [6.07, 6.45) is 11.2. The van der Waals surface area contributed by atoms with Crippen molar-refractivity contribution in [3.8, 4) is 0 Å². The number of carboxylic acids is 1. The third-order valence-electron chi connectivity index (χ3n) is 12.4. The number of ketones is 1. The van der Waals surface area contributed by atoms with Crippen LogP contribution in [0.25, 0.3) is 0 Å². The molecule has 0 aromatic heterocycles. The van der Waals surface area contributed by atoms with Crippen LogP contribution in [0.1, 0.15) is 93.4 Å². The first-order valence-electron chi connectivity index (χ1n) is 13.4. The van der Waals surface area contributed by atoms with E-state index < -0.39 is 17.5 Å². The number of rotatable bonds is 1. The van der Waals surface area contributed by atoms with E-state index >= 15 is 0 Å². The molecule has 3 saturated carbocycles. The van der Waals surface area contributed by atoms with Crippen LogP contribution in [0.15, 0.2) is 23.8 Å². The van der Waals surface area contributed by atoms with Gasteiger partial charge in [0, 0.05) is 5.41 Å². The third-order valence-corrected chi connectivity index (χ3v) is 12.4. The lowest BCUT2D eigenvalue weighted by Crippen LogP contribution is -2.66. The van der Waals surface area contributed by atoms with Gasteiger partial charge in [0.25, 0.3) is 0 Å². The molecule has 0 spiro atoms. The van der Waals surface area contributed by atoms with Crippen LogP contribution in [0, 0.1) is 50.2 Å². The molecule has 0 aromatic rings. The van der Waals surface area contributed by atoms with Crippen LogP contribution >= 0.6 is 0 Å². The zero-order chi connectivity index (χ0) is 25.1. The summed E-state index contributed by atoms with van der Waals surface area (Å²) in [7, 11) is 0. The van der Waals surface area contributed by atoms with Gasteiger partial charge in [-0.05, 0) is 90.4 Å². The average Bonchev–Trinajstić information content (AvgIpc) is 2.71. The lowest BCUT2D eigenvalue weighted by Gasteiger charge is -2.70. The molecule has 0 saturated heterocycles. The summed E-state index contributed by atoms with van der Waals surface area (Å²) < 4.78 is 0. The monoisotopic (exact) mass is 468 g/mol. The fourth-order valence-electron chi connectivity index (χ4n) is 10.0. The van der Waals surface area contributed by atoms with Crippen molar-refractivity contribution in [2.45, 2.75) is 99.5 Å². The van der Waals surface area contributed by atoms with Gasteiger partial charge in [0.2, 0.25) is 0 Å². The Morgan fingerprint density at radius 3 is 2.29 bits per heavy atom. The predicted octanol–water partition coefficient (Wildman–Crippen LogP) is 6.19. The van der Waals surface area contributed by atoms with Crippen molar-refractivity contribution in [2.75, 3.05) is 0 Å². The van der Waals surface area contributed by atoms with Crippen molar-refractivity contribution < 1.29 is 19.8 Å². The molecule has 0 amide bonds. The molecule has 0 radical (unpaired) electrons. The summed E-state index contributed by atoms with van der Waals surface area (Å²) >= 11 is 0. The van der Waals surface area contributed by atoms with Crippen molar-refractivity contribution in [1.29, 1.82) is 0 Å². The largest absolute Gasteiger partial charge is 0.481 e. The van der Waals surface area contributed by atoms with Gasteiger partial charge < -0.3 is 10.2 Å². The van der Waals surface area contributed by atoms with Gasteiger partial charge in [-0.2, -0.15) is 0 Å². The third kappa shape index (κ3) is 2.70. The summed E-state index contributed by atoms with van der Waals surface area (Å²) in [6, 6.07) is 0. The first-order chi connectivity index (χ1) is 15.6. The molecule has 0 heterocycles. The molecule has 4 heteroatoms. The smallest absolute Gasteiger partial charge is 0.312 e. The highest BCUT2D eigenvalue weighted by atomic mass is 16.4. The molecule has 0 aromatic carbocycles. The van der Waals surface area contributed by atoms with E-state index in [2.05, 4.69) is 60.6 Å². The minimum atomic E-state index is -1.07. The van der Waals surface area contributed by atoms with E-state index in [0.717, 1.165) is 32.1 Å². The van der Waals surface area contributed by atoms with Gasteiger partial charge in [0.15, 0.2) is 5.78 Å². The van der Waals surface area contributed by atoms with Crippen molar-refractivity contribution >= 4 is 11.8 Å². The molecule has 0 bridgehead atoms. The van der Waals surface area contributed by atoms with Crippen LogP contribution in [0.3, 0.4) is 0 Å². The lowest BCUT2D eigenvalue weighted by molar-refractivity contribution is -0.197. The number of hydrogen-bond donors (Lipinski definition) is 2. The van der Waals surface area contributed by atoms with Gasteiger partial charge >= 0.3 is 5.97 Å². The zero-order valence-corrected chi connectivity index (χ0v) is 22.2. The minimum Gasteiger partial charge on any atom is -0.481 e. The number of fused-ring (bicyclic) bond motifs is 7. The van der Waals surface area contributed by atoms with Crippen LogP contribution in [-0.4, -0.2) is 28.1 Å². The highest BCUT2D eigenvalue weighted by molar-refractivity contribution is 5.95. The summed E-state index contributed by atoms with van der Waals surface area (Å²) in [6.45, 7) is 15.8. The second-order valence-corrected chi connectivity index (χ2v) is 14.6. The summed E-state index contributed by atoms with van der Waals surface area (Å²) in [5.41, 5.74) is -0.453. The Morgan fingerprint density at radius 1 is 0.971 bits per heavy atom. The summed E-state index contributed by atoms with van der Waals surface area (Å²) in [5.74, 6) is -0.0418. The molecule has 5 aliphatic rings. The average molecular weight is 469 g/mol. The van der Waals surface area contributed by atoms with Gasteiger partial charge in [-0.15, -0.1) is 0 Å². The lowest BCUT2D eigenvalue weighted by atomic mass is 9.34. The standard InChI is InChI=1S/C30H44O4/c1-25(2)14-15-30(24(33)34)19(16-25)18-8-9-21-27(5)12-11-22(31)26(3,4)20(27)10-13-28(21,6)29(18,7)17-23(30)32/h8,11-12,19-21,23,32H,9-10,13-17H2,1-7H3,(H,33,34). The predicted molar refractivity (Wildman–Crippen MR) is 133 cm³/mol. The van der Waals surface area contributed by atoms with Crippen LogP contribution in [-0.2, 0) is 9.59 Å². The Balaban J connectivity index is 1.66. The Morgan fingerprint density at radius 2 is 1.65 bits per heavy atom. The molecule has 34 heavy (non-hydrogen) atoms. The molecular weight excluding hydrogens is 424 g/mol. The second kappa shape index (κ2) is 6.87. The highest BCUT2D eigenvalue weighted by Crippen LogP contribution is 2.74. The van der Waals surface area contributed by atoms with E-state index in [-0.39, 0.29) is 38.8 Å². The van der Waals surface area contributed by atoms with Crippen LogP contribution in [0.2, 0.25) is 0 Å². The number of aliphatic carboxylic acids is 1. The van der Waals surface area contributed by atoms with Crippen molar-refractivity contribution in [1.82, 2.24) is 0 Å². The normalized spacial score (nSPS) is 50.8. The molecule has 188 valence electrons. The molecule has 2 N–H and O–H groups in total. The number of hydrogen-bond acceptors (Lipinski definition) is 3. The maximum Gasteiger partial charge on any atom is 0.312 e. The number of allylic oxidation sites excluding steroid dienone is 4. The van der Waals surface area contributed by atoms with E-state index in [1.54, 1.807) is 0 Å². The van der Waals surface area contributed by atoms with E-state index in [0.29, 0.717) is 24.7 Å². The van der Waals surface area contributed by atoms with Gasteiger partial charge in [-0.1, -0.05) is 66.2 Å². The molecule has 0 aliphatic heterocycles. The molecule has 8 unspecified atom stereocenters. The zero-order valence-electron chi connectivity index (χ0n) is 22.2. The molecule has 5 aliphatic carbocycles. The van der Waals surface area contributed by atoms with Crippen molar-refractivity contribution in [3.63, 3.8) is 0 Å². The van der Waals surface area contributed by atoms with Gasteiger partial charge in [-0.25, -0.2) is 0 Å². The number of carboxylic acid groups (broad SMARTS) is 1. The van der Waals surface area contributed by atoms with Crippen molar-refractivity contribution in [2.24, 2.45) is 50.2 Å². The maximum atomic E-state index is 12.8. The maximum absolute atomic E-state index is 12.8. The topological polar surface area (TPSA) is 74.6 Å². The number of aliphatic hydroxyl groups is 1. The number of aliphatic hydroxyl groups excluding tert-OH is 1. The Bertz CT molecular complexity index is 1000. The Hall–Kier alpha value is -1.42. The van der Waals surface area contributed by atoms with Crippen LogP contribution < -0.4 is 0 Å². The molecule has 3 fully saturated rings. The van der Waals surface area contributed by atoms with Gasteiger partial charge in [0.05, 0.1) is 6.10 Å². The quantitative estimate of drug-likeness (QED) is 0.450. The number of carbonyl (C=O) groups excluding carboxylic acids is 1. The Labute approximate surface area is 205 Å². The van der Waals surface area contributed by atoms with Gasteiger partial charge in [0.1, 0.15) is 5.41 Å². The number of carbonyl (C=O) groups is 2. The molecule has 4 nitrogen and oxygen atoms in total. The fourth-order valence-corrected chi connectivity index (χ4v) is 10.0. The highest BCUT2D eigenvalue weighted by Gasteiger charge is 2.70. The van der Waals surface area contributed by atoms with E-state index in [4.69, 9.17) is 0 Å². The van der Waals surface area contributed by atoms with E-state index in [1.165, 1.54) is 5.57 Å². The first-order valence-corrected chi connectivity index (χ1v) is 13.4. The Kier molecular flexibility index (Phi) is 4.90. The van der Waals surface area contributed by atoms with E-state index in [9.17, 15) is 19.8 Å². The first kappa shape index (κ1) is 24.3. The summed E-state index contributed by atoms with van der Waals surface area (Å²) in [4.78, 5) is 25.6. The SMILES string of the molecule is CC1(C)CCC2(C(=O)O)C(O)CC3(C)C(=CCC4C5(C)C=CC(=O)C(C)(C)C5CCC43C)C2C1. The molecule has 5 rings (SSSR count). The van der Waals surface area contributed by atoms with E-state index in [1.807, 2.05) is 6.08 Å². The molecule has 8 atom stereocenters. The summed E-state index contributed by atoms with van der Waals surface area (Å²) in [5, 5.41) is 22.1. The minimum absolute atomic E-state index is 0.0592. The molecular formula is C30H44O4.